The summed E-state index contributed by atoms with van der Waals surface area (Å²) in [6.07, 6.45) is 3.63. The summed E-state index contributed by atoms with van der Waals surface area (Å²) < 4.78 is 5.43. The molecule has 10 heteroatoms. The monoisotopic (exact) mass is 415 g/mol. The van der Waals surface area contributed by atoms with Crippen LogP contribution in [-0.2, 0) is 4.79 Å². The van der Waals surface area contributed by atoms with Crippen molar-refractivity contribution in [1.82, 2.24) is 15.6 Å². The number of rotatable bonds is 8. The number of nitrogens with zero attached hydrogens (tertiary/aromatic N) is 2. The molecule has 2 amide bonds. The molecule has 1 aliphatic rings. The molecule has 1 saturated heterocycles. The molecule has 3 N–H and O–H groups in total. The van der Waals surface area contributed by atoms with Gasteiger partial charge >= 0.3 is 0 Å². The number of carbonyl (C=O) groups excluding carboxylic acids is 2. The molecule has 0 bridgehead atoms. The van der Waals surface area contributed by atoms with E-state index >= 15 is 0 Å². The van der Waals surface area contributed by atoms with Crippen LogP contribution in [0, 0.1) is 16.0 Å². The van der Waals surface area contributed by atoms with E-state index in [1.54, 1.807) is 0 Å². The third-order valence-electron chi connectivity index (χ3n) is 4.79. The number of nitrogens with one attached hydrogen (secondary N) is 3. The Morgan fingerprint density at radius 2 is 2.07 bits per heavy atom. The lowest BCUT2D eigenvalue weighted by atomic mass is 10.0. The highest BCUT2D eigenvalue weighted by Crippen LogP contribution is 2.22. The molecular weight excluding hydrogens is 390 g/mol. The number of aromatic nitrogens is 1. The Kier molecular flexibility index (Phi) is 6.78. The highest BCUT2D eigenvalue weighted by Gasteiger charge is 2.26. The summed E-state index contributed by atoms with van der Waals surface area (Å²) in [6.45, 7) is 4.77. The van der Waals surface area contributed by atoms with Crippen LogP contribution in [0.2, 0.25) is 0 Å². The van der Waals surface area contributed by atoms with E-state index < -0.39 is 22.8 Å². The summed E-state index contributed by atoms with van der Waals surface area (Å²) in [4.78, 5) is 39.9. The van der Waals surface area contributed by atoms with Gasteiger partial charge in [0.1, 0.15) is 12.3 Å². The number of oxazole rings is 1. The Morgan fingerprint density at radius 1 is 1.33 bits per heavy atom. The van der Waals surface area contributed by atoms with Gasteiger partial charge in [-0.1, -0.05) is 13.8 Å². The van der Waals surface area contributed by atoms with Gasteiger partial charge < -0.3 is 20.4 Å². The van der Waals surface area contributed by atoms with Gasteiger partial charge in [0.05, 0.1) is 11.0 Å². The predicted octanol–water partition coefficient (Wildman–Crippen LogP) is 2.79. The molecule has 2 heterocycles. The third-order valence-corrected chi connectivity index (χ3v) is 4.79. The van der Waals surface area contributed by atoms with E-state index in [0.29, 0.717) is 18.0 Å². The largest absolute Gasteiger partial charge is 0.446 e. The second-order valence-electron chi connectivity index (χ2n) is 7.67. The van der Waals surface area contributed by atoms with E-state index in [1.165, 1.54) is 30.5 Å². The molecule has 0 radical (unpaired) electrons. The zero-order valence-electron chi connectivity index (χ0n) is 16.9. The second-order valence-corrected chi connectivity index (χ2v) is 7.67. The number of nitro groups is 1. The van der Waals surface area contributed by atoms with Gasteiger partial charge in [0, 0.05) is 17.8 Å². The first kappa shape index (κ1) is 21.4. The maximum absolute atomic E-state index is 12.7. The molecule has 2 aromatic rings. The topological polar surface area (TPSA) is 139 Å². The molecule has 0 spiro atoms. The standard InChI is InChI=1S/C20H25N5O5/c1-12(2)10-16(18(26)22-13-5-7-14(8-6-13)25(28)29)23-19(27)17-11-30-20(24-17)15-4-3-9-21-15/h5-8,11-12,15-16,21H,3-4,9-10H2,1-2H3,(H,22,26)(H,23,27). The van der Waals surface area contributed by atoms with Crippen LogP contribution in [0.15, 0.2) is 34.9 Å². The van der Waals surface area contributed by atoms with Crippen LogP contribution in [0.4, 0.5) is 11.4 Å². The van der Waals surface area contributed by atoms with E-state index in [1.807, 2.05) is 13.8 Å². The Bertz CT molecular complexity index is 903. The minimum atomic E-state index is -0.794. The average Bonchev–Trinajstić information content (AvgIpc) is 3.39. The van der Waals surface area contributed by atoms with E-state index in [-0.39, 0.29) is 23.3 Å². The van der Waals surface area contributed by atoms with Gasteiger partial charge in [-0.3, -0.25) is 19.7 Å². The number of non-ortho nitro benzene ring substituents is 1. The number of hydrogen-bond acceptors (Lipinski definition) is 7. The van der Waals surface area contributed by atoms with Crippen molar-refractivity contribution in [2.75, 3.05) is 11.9 Å². The fourth-order valence-electron chi connectivity index (χ4n) is 3.28. The smallest absolute Gasteiger partial charge is 0.273 e. The molecule has 0 aliphatic carbocycles. The van der Waals surface area contributed by atoms with Crippen LogP contribution >= 0.6 is 0 Å². The van der Waals surface area contributed by atoms with Gasteiger partial charge in [-0.2, -0.15) is 0 Å². The Balaban J connectivity index is 1.66. The molecule has 1 aromatic carbocycles. The number of hydrogen-bond donors (Lipinski definition) is 3. The molecule has 3 rings (SSSR count). The van der Waals surface area contributed by atoms with Crippen LogP contribution < -0.4 is 16.0 Å². The van der Waals surface area contributed by atoms with Gasteiger partial charge in [-0.25, -0.2) is 4.98 Å². The summed E-state index contributed by atoms with van der Waals surface area (Å²) in [5.41, 5.74) is 0.457. The molecule has 1 fully saturated rings. The summed E-state index contributed by atoms with van der Waals surface area (Å²) in [5, 5.41) is 19.4. The maximum atomic E-state index is 12.7. The van der Waals surface area contributed by atoms with Crippen LogP contribution in [0.25, 0.3) is 0 Å². The molecule has 2 atom stereocenters. The van der Waals surface area contributed by atoms with Crippen molar-refractivity contribution in [3.05, 3.63) is 52.2 Å². The van der Waals surface area contributed by atoms with E-state index in [2.05, 4.69) is 20.9 Å². The molecule has 2 unspecified atom stereocenters. The van der Waals surface area contributed by atoms with Crippen molar-refractivity contribution >= 4 is 23.2 Å². The van der Waals surface area contributed by atoms with Crippen LogP contribution in [0.3, 0.4) is 0 Å². The zero-order valence-corrected chi connectivity index (χ0v) is 16.9. The Labute approximate surface area is 173 Å². The van der Waals surface area contributed by atoms with E-state index in [0.717, 1.165) is 19.4 Å². The minimum Gasteiger partial charge on any atom is -0.446 e. The number of amides is 2. The number of nitro benzene ring substituents is 1. The van der Waals surface area contributed by atoms with Crippen molar-refractivity contribution in [2.24, 2.45) is 5.92 Å². The van der Waals surface area contributed by atoms with Gasteiger partial charge in [0.25, 0.3) is 11.6 Å². The van der Waals surface area contributed by atoms with Crippen molar-refractivity contribution in [2.45, 2.75) is 45.2 Å². The summed E-state index contributed by atoms with van der Waals surface area (Å²) in [7, 11) is 0. The van der Waals surface area contributed by atoms with E-state index in [4.69, 9.17) is 4.42 Å². The summed E-state index contributed by atoms with van der Waals surface area (Å²) in [5.74, 6) is -0.290. The SMILES string of the molecule is CC(C)CC(NC(=O)c1coc(C2CCCN2)n1)C(=O)Nc1ccc([N+](=O)[O-])cc1. The first-order chi connectivity index (χ1) is 14.3. The van der Waals surface area contributed by atoms with Crippen LogP contribution in [0.5, 0.6) is 0 Å². The van der Waals surface area contributed by atoms with E-state index in [9.17, 15) is 19.7 Å². The molecule has 160 valence electrons. The lowest BCUT2D eigenvalue weighted by Crippen LogP contribution is -2.44. The second kappa shape index (κ2) is 9.49. The highest BCUT2D eigenvalue weighted by molar-refractivity contribution is 6.00. The number of carbonyl (C=O) groups is 2. The van der Waals surface area contributed by atoms with Crippen molar-refractivity contribution < 1.29 is 18.9 Å². The molecule has 1 aliphatic heterocycles. The Hall–Kier alpha value is -3.27. The van der Waals surface area contributed by atoms with Gasteiger partial charge in [-0.15, -0.1) is 0 Å². The lowest BCUT2D eigenvalue weighted by Gasteiger charge is -2.19. The highest BCUT2D eigenvalue weighted by atomic mass is 16.6. The maximum Gasteiger partial charge on any atom is 0.273 e. The van der Waals surface area contributed by atoms with Crippen LogP contribution in [-0.4, -0.2) is 34.3 Å². The van der Waals surface area contributed by atoms with Crippen LogP contribution in [0.1, 0.15) is 55.5 Å². The first-order valence-electron chi connectivity index (χ1n) is 9.88. The minimum absolute atomic E-state index is 0.00319. The molecular formula is C20H25N5O5. The first-order valence-corrected chi connectivity index (χ1v) is 9.88. The number of benzene rings is 1. The van der Waals surface area contributed by atoms with Crippen molar-refractivity contribution in [3.8, 4) is 0 Å². The average molecular weight is 415 g/mol. The normalized spacial score (nSPS) is 17.0. The fourth-order valence-corrected chi connectivity index (χ4v) is 3.28. The predicted molar refractivity (Wildman–Crippen MR) is 109 cm³/mol. The zero-order chi connectivity index (χ0) is 21.7. The molecule has 1 aromatic heterocycles. The quantitative estimate of drug-likeness (QED) is 0.445. The lowest BCUT2D eigenvalue weighted by molar-refractivity contribution is -0.384. The molecule has 30 heavy (non-hydrogen) atoms. The summed E-state index contributed by atoms with van der Waals surface area (Å²) in [6, 6.07) is 4.71. The van der Waals surface area contributed by atoms with Gasteiger partial charge in [0.2, 0.25) is 11.8 Å². The molecule has 0 saturated carbocycles. The van der Waals surface area contributed by atoms with Crippen molar-refractivity contribution in [1.29, 1.82) is 0 Å². The summed E-state index contributed by atoms with van der Waals surface area (Å²) >= 11 is 0. The van der Waals surface area contributed by atoms with Gasteiger partial charge in [0.15, 0.2) is 5.69 Å². The number of anilines is 1. The van der Waals surface area contributed by atoms with Gasteiger partial charge in [-0.05, 0) is 43.9 Å². The van der Waals surface area contributed by atoms with Crippen molar-refractivity contribution in [3.63, 3.8) is 0 Å². The fraction of sp³-hybridized carbons (Fsp3) is 0.450. The Morgan fingerprint density at radius 3 is 2.67 bits per heavy atom. The molecule has 10 nitrogen and oxygen atoms in total. The third kappa shape index (κ3) is 5.41.